The summed E-state index contributed by atoms with van der Waals surface area (Å²) in [5.74, 6) is 0. The third kappa shape index (κ3) is 3.94. The Balaban J connectivity index is 1.32. The fourth-order valence-electron chi connectivity index (χ4n) is 5.04. The Bertz CT molecular complexity index is 1640. The first-order chi connectivity index (χ1) is 17.5. The summed E-state index contributed by atoms with van der Waals surface area (Å²) < 4.78 is 4.21. The van der Waals surface area contributed by atoms with E-state index in [0.717, 1.165) is 48.6 Å². The molecule has 0 radical (unpaired) electrons. The highest BCUT2D eigenvalue weighted by atomic mass is 32.1. The topological polar surface area (TPSA) is 79.2 Å². The number of nitrogens with zero attached hydrogens (tertiary/aromatic N) is 5. The number of hydrogen-bond acceptors (Lipinski definition) is 6. The van der Waals surface area contributed by atoms with Crippen LogP contribution in [0.15, 0.2) is 64.2 Å². The smallest absolute Gasteiger partial charge is 0.283 e. The number of piperazine rings is 1. The van der Waals surface area contributed by atoms with Gasteiger partial charge in [0.25, 0.3) is 11.1 Å². The largest absolute Gasteiger partial charge is 0.307 e. The van der Waals surface area contributed by atoms with Crippen molar-refractivity contribution in [3.8, 4) is 5.13 Å². The van der Waals surface area contributed by atoms with Crippen molar-refractivity contribution >= 4 is 32.5 Å². The number of rotatable bonds is 5. The molecule has 0 bridgehead atoms. The molecule has 184 valence electrons. The molecule has 0 spiro atoms. The van der Waals surface area contributed by atoms with Gasteiger partial charge in [-0.15, -0.1) is 0 Å². The van der Waals surface area contributed by atoms with Crippen molar-refractivity contribution in [1.82, 2.24) is 24.3 Å². The number of benzene rings is 2. The van der Waals surface area contributed by atoms with Crippen LogP contribution in [0.4, 0.5) is 0 Å². The van der Waals surface area contributed by atoms with Gasteiger partial charge in [0.2, 0.25) is 5.13 Å². The van der Waals surface area contributed by atoms with E-state index >= 15 is 0 Å². The first-order valence-corrected chi connectivity index (χ1v) is 13.1. The third-order valence-electron chi connectivity index (χ3n) is 6.91. The highest BCUT2D eigenvalue weighted by molar-refractivity contribution is 7.20. The summed E-state index contributed by atoms with van der Waals surface area (Å²) in [6.45, 7) is 8.14. The molecule has 36 heavy (non-hydrogen) atoms. The number of para-hydroxylation sites is 1. The summed E-state index contributed by atoms with van der Waals surface area (Å²) in [6.07, 6.45) is 0.573. The summed E-state index contributed by atoms with van der Waals surface area (Å²) in [5, 5.41) is 6.35. The van der Waals surface area contributed by atoms with E-state index in [1.807, 2.05) is 31.2 Å². The molecule has 1 aliphatic rings. The summed E-state index contributed by atoms with van der Waals surface area (Å²) >= 11 is 1.45. The molecule has 4 heterocycles. The molecular weight excluding hydrogens is 472 g/mol. The van der Waals surface area contributed by atoms with Crippen molar-refractivity contribution in [2.24, 2.45) is 0 Å². The van der Waals surface area contributed by atoms with Gasteiger partial charge in [0, 0.05) is 38.8 Å². The summed E-state index contributed by atoms with van der Waals surface area (Å²) in [6, 6.07) is 18.0. The van der Waals surface area contributed by atoms with Crippen LogP contribution in [0.3, 0.4) is 0 Å². The zero-order chi connectivity index (χ0) is 24.8. The van der Waals surface area contributed by atoms with Crippen LogP contribution in [-0.4, -0.2) is 50.5 Å². The van der Waals surface area contributed by atoms with Crippen molar-refractivity contribution in [2.75, 3.05) is 31.2 Å². The van der Waals surface area contributed by atoms with E-state index in [2.05, 4.69) is 51.2 Å². The first-order valence-electron chi connectivity index (χ1n) is 12.3. The van der Waals surface area contributed by atoms with E-state index in [9.17, 15) is 9.59 Å². The van der Waals surface area contributed by atoms with Gasteiger partial charge in [-0.25, -0.2) is 9.66 Å². The van der Waals surface area contributed by atoms with Gasteiger partial charge in [-0.1, -0.05) is 60.2 Å². The number of aromatic amines is 1. The van der Waals surface area contributed by atoms with Crippen molar-refractivity contribution in [3.63, 3.8) is 0 Å². The van der Waals surface area contributed by atoms with Crippen LogP contribution in [0, 0.1) is 6.92 Å². The van der Waals surface area contributed by atoms with Crippen LogP contribution in [0.2, 0.25) is 0 Å². The second-order valence-corrected chi connectivity index (χ2v) is 10.3. The zero-order valence-corrected chi connectivity index (χ0v) is 21.2. The van der Waals surface area contributed by atoms with Crippen molar-refractivity contribution in [1.29, 1.82) is 0 Å². The second kappa shape index (κ2) is 9.07. The van der Waals surface area contributed by atoms with Gasteiger partial charge < -0.3 is 5.01 Å². The first kappa shape index (κ1) is 22.8. The highest BCUT2D eigenvalue weighted by Gasteiger charge is 2.24. The predicted octanol–water partition coefficient (Wildman–Crippen LogP) is 3.41. The Labute approximate surface area is 212 Å². The van der Waals surface area contributed by atoms with Crippen LogP contribution < -0.4 is 16.1 Å². The SMILES string of the molecule is CCc1c2c(=O)n(-c3nc4ccccc4s3)[nH]c2cc(=O)n1N1CCN(Cc2ccc(C)cc2)CC1. The minimum Gasteiger partial charge on any atom is -0.307 e. The molecule has 1 aliphatic heterocycles. The van der Waals surface area contributed by atoms with E-state index in [1.165, 1.54) is 27.1 Å². The summed E-state index contributed by atoms with van der Waals surface area (Å²) in [7, 11) is 0. The average Bonchev–Trinajstić information content (AvgIpc) is 3.46. The number of nitrogens with one attached hydrogen (secondary N) is 1. The molecular formula is C27H28N6O2S. The molecule has 9 heteroatoms. The van der Waals surface area contributed by atoms with Crippen molar-refractivity contribution in [3.05, 3.63) is 92.1 Å². The minimum atomic E-state index is -0.173. The molecule has 5 aromatic rings. The number of hydrogen-bond donors (Lipinski definition) is 1. The number of H-pyrrole nitrogens is 1. The maximum atomic E-state index is 13.6. The Morgan fingerprint density at radius 1 is 1.00 bits per heavy atom. The third-order valence-corrected chi connectivity index (χ3v) is 7.93. The zero-order valence-electron chi connectivity index (χ0n) is 20.4. The average molecular weight is 501 g/mol. The fraction of sp³-hybridized carbons (Fsp3) is 0.296. The number of thiazole rings is 1. The van der Waals surface area contributed by atoms with Crippen LogP contribution in [0.5, 0.6) is 0 Å². The molecule has 0 saturated carbocycles. The molecule has 0 aliphatic carbocycles. The Morgan fingerprint density at radius 2 is 1.75 bits per heavy atom. The van der Waals surface area contributed by atoms with E-state index in [4.69, 9.17) is 0 Å². The number of aryl methyl sites for hydroxylation is 2. The lowest BCUT2D eigenvalue weighted by molar-refractivity contribution is 0.230. The molecule has 1 N–H and O–H groups in total. The van der Waals surface area contributed by atoms with E-state index < -0.39 is 0 Å². The van der Waals surface area contributed by atoms with E-state index in [-0.39, 0.29) is 11.1 Å². The molecule has 6 rings (SSSR count). The van der Waals surface area contributed by atoms with Gasteiger partial charge >= 0.3 is 0 Å². The summed E-state index contributed by atoms with van der Waals surface area (Å²) in [4.78, 5) is 33.9. The Kier molecular flexibility index (Phi) is 5.73. The molecule has 0 amide bonds. The monoisotopic (exact) mass is 500 g/mol. The van der Waals surface area contributed by atoms with Gasteiger partial charge in [-0.05, 0) is 31.0 Å². The summed E-state index contributed by atoms with van der Waals surface area (Å²) in [5.41, 5.74) is 4.40. The quantitative estimate of drug-likeness (QED) is 0.400. The fourth-order valence-corrected chi connectivity index (χ4v) is 5.96. The lowest BCUT2D eigenvalue weighted by Crippen LogP contribution is -2.54. The molecule has 3 aromatic heterocycles. The molecule has 1 saturated heterocycles. The lowest BCUT2D eigenvalue weighted by atomic mass is 10.1. The highest BCUT2D eigenvalue weighted by Crippen LogP contribution is 2.24. The minimum absolute atomic E-state index is 0.121. The van der Waals surface area contributed by atoms with Crippen molar-refractivity contribution in [2.45, 2.75) is 26.8 Å². The standard InChI is InChI=1S/C27H28N6O2S/c1-3-22-25-21(29-32(26(25)35)27-28-20-6-4-5-7-23(20)36-27)16-24(34)33(22)31-14-12-30(13-15-31)17-19-10-8-18(2)9-11-19/h4-11,16,29H,3,12-15,17H2,1-2H3. The number of pyridine rings is 1. The normalized spacial score (nSPS) is 14.8. The van der Waals surface area contributed by atoms with Crippen molar-refractivity contribution < 1.29 is 0 Å². The van der Waals surface area contributed by atoms with Crippen LogP contribution in [0.1, 0.15) is 23.7 Å². The lowest BCUT2D eigenvalue weighted by Gasteiger charge is -2.37. The molecule has 8 nitrogen and oxygen atoms in total. The van der Waals surface area contributed by atoms with Gasteiger partial charge in [0.05, 0.1) is 26.8 Å². The van der Waals surface area contributed by atoms with Crippen LogP contribution in [0.25, 0.3) is 26.3 Å². The van der Waals surface area contributed by atoms with E-state index in [1.54, 1.807) is 10.7 Å². The van der Waals surface area contributed by atoms with Crippen LogP contribution >= 0.6 is 11.3 Å². The molecule has 1 fully saturated rings. The maximum Gasteiger partial charge on any atom is 0.283 e. The predicted molar refractivity (Wildman–Crippen MR) is 145 cm³/mol. The van der Waals surface area contributed by atoms with Gasteiger partial charge in [-0.2, -0.15) is 4.68 Å². The van der Waals surface area contributed by atoms with Crippen LogP contribution in [-0.2, 0) is 13.0 Å². The Hall–Kier alpha value is -3.69. The number of fused-ring (bicyclic) bond motifs is 2. The number of aromatic nitrogens is 4. The molecule has 0 atom stereocenters. The molecule has 0 unspecified atom stereocenters. The van der Waals surface area contributed by atoms with E-state index in [0.29, 0.717) is 22.5 Å². The van der Waals surface area contributed by atoms with Gasteiger partial charge in [0.1, 0.15) is 0 Å². The van der Waals surface area contributed by atoms with Gasteiger partial charge in [0.15, 0.2) is 0 Å². The van der Waals surface area contributed by atoms with Gasteiger partial charge in [-0.3, -0.25) is 19.6 Å². The maximum absolute atomic E-state index is 13.6. The second-order valence-electron chi connectivity index (χ2n) is 9.32. The molecule has 2 aromatic carbocycles. The Morgan fingerprint density at radius 3 is 2.47 bits per heavy atom.